The molecule has 1 amide bonds. The second-order valence-electron chi connectivity index (χ2n) is 8.02. The fourth-order valence-electron chi connectivity index (χ4n) is 4.73. The molecule has 2 heterocycles. The number of fused-ring (bicyclic) bond motifs is 1. The monoisotopic (exact) mass is 405 g/mol. The molecule has 7 nitrogen and oxygen atoms in total. The third kappa shape index (κ3) is 3.39. The molecule has 2 aliphatic heterocycles. The van der Waals surface area contributed by atoms with Gasteiger partial charge in [-0.05, 0) is 55.7 Å². The van der Waals surface area contributed by atoms with Crippen molar-refractivity contribution in [2.75, 3.05) is 31.2 Å². The molecule has 3 aliphatic rings. The maximum Gasteiger partial charge on any atom is 0.228 e. The van der Waals surface area contributed by atoms with Crippen molar-refractivity contribution in [2.45, 2.75) is 44.6 Å². The first-order chi connectivity index (χ1) is 13.4. The SMILES string of the molecule is Cc1cc(C)cc(N2C(=S)N[C@H]3[C@@H](O)[C@H](O)C[C@@H](C(=O)N4CCOCC4)[C@H]32)c1. The molecule has 2 saturated heterocycles. The Bertz CT molecular complexity index is 762. The summed E-state index contributed by atoms with van der Waals surface area (Å²) in [5, 5.41) is 24.7. The van der Waals surface area contributed by atoms with Gasteiger partial charge in [0.15, 0.2) is 5.11 Å². The molecule has 3 fully saturated rings. The zero-order valence-corrected chi connectivity index (χ0v) is 17.0. The van der Waals surface area contributed by atoms with Gasteiger partial charge < -0.3 is 30.1 Å². The molecule has 0 bridgehead atoms. The normalized spacial score (nSPS) is 32.9. The van der Waals surface area contributed by atoms with Crippen LogP contribution in [0, 0.1) is 19.8 Å². The Kier molecular flexibility index (Phi) is 5.30. The molecular weight excluding hydrogens is 378 g/mol. The number of benzene rings is 1. The molecule has 0 unspecified atom stereocenters. The minimum atomic E-state index is -0.979. The van der Waals surface area contributed by atoms with E-state index < -0.39 is 24.2 Å². The Hall–Kier alpha value is -1.74. The van der Waals surface area contributed by atoms with Crippen LogP contribution in [0.3, 0.4) is 0 Å². The number of ether oxygens (including phenoxy) is 1. The molecule has 3 N–H and O–H groups in total. The number of morpholine rings is 1. The van der Waals surface area contributed by atoms with Crippen LogP contribution in [-0.4, -0.2) is 76.7 Å². The van der Waals surface area contributed by atoms with Crippen LogP contribution >= 0.6 is 12.2 Å². The van der Waals surface area contributed by atoms with Gasteiger partial charge in [-0.1, -0.05) is 6.07 Å². The van der Waals surface area contributed by atoms with E-state index in [9.17, 15) is 15.0 Å². The van der Waals surface area contributed by atoms with Crippen molar-refractivity contribution in [1.29, 1.82) is 0 Å². The van der Waals surface area contributed by atoms with Gasteiger partial charge >= 0.3 is 0 Å². The summed E-state index contributed by atoms with van der Waals surface area (Å²) in [5.41, 5.74) is 3.12. The molecule has 0 spiro atoms. The van der Waals surface area contributed by atoms with Gasteiger partial charge in [-0.3, -0.25) is 4.79 Å². The average molecular weight is 406 g/mol. The maximum absolute atomic E-state index is 13.3. The zero-order valence-electron chi connectivity index (χ0n) is 16.2. The van der Waals surface area contributed by atoms with Crippen LogP contribution in [0.4, 0.5) is 5.69 Å². The van der Waals surface area contributed by atoms with Gasteiger partial charge in [0, 0.05) is 18.8 Å². The van der Waals surface area contributed by atoms with Gasteiger partial charge in [-0.15, -0.1) is 0 Å². The summed E-state index contributed by atoms with van der Waals surface area (Å²) in [6, 6.07) is 5.33. The summed E-state index contributed by atoms with van der Waals surface area (Å²) in [6.45, 7) is 6.19. The minimum Gasteiger partial charge on any atom is -0.390 e. The molecule has 8 heteroatoms. The molecule has 0 radical (unpaired) electrons. The van der Waals surface area contributed by atoms with Crippen molar-refractivity contribution in [3.8, 4) is 0 Å². The van der Waals surface area contributed by atoms with Gasteiger partial charge in [-0.25, -0.2) is 0 Å². The van der Waals surface area contributed by atoms with E-state index in [0.717, 1.165) is 16.8 Å². The van der Waals surface area contributed by atoms with Crippen LogP contribution < -0.4 is 10.2 Å². The third-order valence-corrected chi connectivity index (χ3v) is 6.28. The number of anilines is 1. The quantitative estimate of drug-likeness (QED) is 0.612. The molecular formula is C20H27N3O4S. The van der Waals surface area contributed by atoms with Gasteiger partial charge in [0.1, 0.15) is 6.10 Å². The molecule has 1 aromatic rings. The van der Waals surface area contributed by atoms with E-state index in [1.807, 2.05) is 30.9 Å². The van der Waals surface area contributed by atoms with Crippen molar-refractivity contribution >= 4 is 28.9 Å². The number of hydrogen-bond acceptors (Lipinski definition) is 5. The third-order valence-electron chi connectivity index (χ3n) is 5.97. The summed E-state index contributed by atoms with van der Waals surface area (Å²) < 4.78 is 5.37. The van der Waals surface area contributed by atoms with E-state index in [-0.39, 0.29) is 18.4 Å². The van der Waals surface area contributed by atoms with Gasteiger partial charge in [0.05, 0.1) is 37.3 Å². The Balaban J connectivity index is 1.71. The topological polar surface area (TPSA) is 85.3 Å². The summed E-state index contributed by atoms with van der Waals surface area (Å²) in [4.78, 5) is 17.1. The molecule has 1 saturated carbocycles. The number of thiocarbonyl (C=S) groups is 1. The molecule has 1 aliphatic carbocycles. The molecule has 4 rings (SSSR count). The first-order valence-electron chi connectivity index (χ1n) is 9.77. The summed E-state index contributed by atoms with van der Waals surface area (Å²) in [6.07, 6.45) is -1.73. The van der Waals surface area contributed by atoms with Crippen LogP contribution in [0.15, 0.2) is 18.2 Å². The number of aliphatic hydroxyl groups excluding tert-OH is 2. The zero-order chi connectivity index (χ0) is 20.0. The highest BCUT2D eigenvalue weighted by molar-refractivity contribution is 7.80. The predicted molar refractivity (Wildman–Crippen MR) is 109 cm³/mol. The van der Waals surface area contributed by atoms with Crippen molar-refractivity contribution in [2.24, 2.45) is 5.92 Å². The molecule has 5 atom stereocenters. The second-order valence-corrected chi connectivity index (χ2v) is 8.41. The number of nitrogens with zero attached hydrogens (tertiary/aromatic N) is 2. The number of hydrogen-bond donors (Lipinski definition) is 3. The number of nitrogens with one attached hydrogen (secondary N) is 1. The lowest BCUT2D eigenvalue weighted by atomic mass is 9.76. The lowest BCUT2D eigenvalue weighted by molar-refractivity contribution is -0.145. The van der Waals surface area contributed by atoms with E-state index in [4.69, 9.17) is 17.0 Å². The molecule has 0 aromatic heterocycles. The van der Waals surface area contributed by atoms with Crippen molar-refractivity contribution < 1.29 is 19.7 Å². The number of aliphatic hydroxyl groups is 2. The van der Waals surface area contributed by atoms with Crippen molar-refractivity contribution in [1.82, 2.24) is 10.2 Å². The van der Waals surface area contributed by atoms with Crippen LogP contribution in [0.1, 0.15) is 17.5 Å². The van der Waals surface area contributed by atoms with E-state index in [1.165, 1.54) is 0 Å². The average Bonchev–Trinajstić information content (AvgIpc) is 3.01. The molecule has 1 aromatic carbocycles. The number of carbonyl (C=O) groups is 1. The highest BCUT2D eigenvalue weighted by Crippen LogP contribution is 2.38. The Morgan fingerprint density at radius 3 is 2.46 bits per heavy atom. The van der Waals surface area contributed by atoms with Crippen molar-refractivity contribution in [3.63, 3.8) is 0 Å². The van der Waals surface area contributed by atoms with E-state index in [1.54, 1.807) is 4.90 Å². The Labute approximate surface area is 170 Å². The fourth-order valence-corrected chi connectivity index (χ4v) is 5.10. The highest BCUT2D eigenvalue weighted by atomic mass is 32.1. The second kappa shape index (κ2) is 7.59. The maximum atomic E-state index is 13.3. The van der Waals surface area contributed by atoms with Gasteiger partial charge in [0.2, 0.25) is 5.91 Å². The number of rotatable bonds is 2. The van der Waals surface area contributed by atoms with E-state index in [0.29, 0.717) is 31.4 Å². The van der Waals surface area contributed by atoms with Crippen LogP contribution in [-0.2, 0) is 9.53 Å². The summed E-state index contributed by atoms with van der Waals surface area (Å²) in [7, 11) is 0. The van der Waals surface area contributed by atoms with E-state index >= 15 is 0 Å². The standard InChI is InChI=1S/C20H27N3O4S/c1-11-7-12(2)9-13(8-11)23-17-14(19(26)22-3-5-27-6-4-22)10-15(24)18(25)16(17)21-20(23)28/h7-9,14-18,24-25H,3-6,10H2,1-2H3,(H,21,28)/t14-,15-,16-,17-,18+/m1/s1. The van der Waals surface area contributed by atoms with Gasteiger partial charge in [0.25, 0.3) is 0 Å². The Morgan fingerprint density at radius 1 is 1.18 bits per heavy atom. The smallest absolute Gasteiger partial charge is 0.228 e. The first kappa shape index (κ1) is 19.6. The summed E-state index contributed by atoms with van der Waals surface area (Å²) >= 11 is 5.59. The van der Waals surface area contributed by atoms with Crippen molar-refractivity contribution in [3.05, 3.63) is 29.3 Å². The van der Waals surface area contributed by atoms with Gasteiger partial charge in [-0.2, -0.15) is 0 Å². The minimum absolute atomic E-state index is 0.00914. The lowest BCUT2D eigenvalue weighted by Gasteiger charge is -2.43. The molecule has 152 valence electrons. The van der Waals surface area contributed by atoms with E-state index in [2.05, 4.69) is 11.4 Å². The largest absolute Gasteiger partial charge is 0.390 e. The number of carbonyl (C=O) groups excluding carboxylic acids is 1. The number of amides is 1. The molecule has 28 heavy (non-hydrogen) atoms. The first-order valence-corrected chi connectivity index (χ1v) is 10.2. The van der Waals surface area contributed by atoms with Crippen LogP contribution in [0.2, 0.25) is 0 Å². The summed E-state index contributed by atoms with van der Waals surface area (Å²) in [5.74, 6) is -0.472. The van der Waals surface area contributed by atoms with Crippen LogP contribution in [0.5, 0.6) is 0 Å². The lowest BCUT2D eigenvalue weighted by Crippen LogP contribution is -2.61. The fraction of sp³-hybridized carbons (Fsp3) is 0.600. The van der Waals surface area contributed by atoms with Crippen LogP contribution in [0.25, 0.3) is 0 Å². The predicted octanol–water partition coefficient (Wildman–Crippen LogP) is 0.336. The highest BCUT2D eigenvalue weighted by Gasteiger charge is 2.54. The number of aryl methyl sites for hydroxylation is 2. The Morgan fingerprint density at radius 2 is 1.82 bits per heavy atom.